The zero-order valence-corrected chi connectivity index (χ0v) is 9.14. The molecule has 0 aliphatic rings. The third kappa shape index (κ3) is 2.63. The van der Waals surface area contributed by atoms with E-state index in [1.807, 2.05) is 0 Å². The van der Waals surface area contributed by atoms with Gasteiger partial charge in [-0.3, -0.25) is 4.79 Å². The molecular weight excluding hydrogens is 221 g/mol. The zero-order chi connectivity index (χ0) is 12.3. The van der Waals surface area contributed by atoms with Crippen molar-refractivity contribution in [2.24, 2.45) is 0 Å². The van der Waals surface area contributed by atoms with E-state index in [2.05, 4.69) is 15.5 Å². The van der Waals surface area contributed by atoms with Gasteiger partial charge in [0.2, 0.25) is 0 Å². The van der Waals surface area contributed by atoms with Gasteiger partial charge in [-0.05, 0) is 42.8 Å². The van der Waals surface area contributed by atoms with Gasteiger partial charge in [-0.15, -0.1) is 5.10 Å². The summed E-state index contributed by atoms with van der Waals surface area (Å²) in [6.07, 6.45) is 1.51. The number of aryl methyl sites for hydroxylation is 1. The SMILES string of the molecule is Cc1cc(F)ccc1C(=O)Nc1cccnn1. The predicted molar refractivity (Wildman–Crippen MR) is 61.1 cm³/mol. The van der Waals surface area contributed by atoms with E-state index in [0.29, 0.717) is 16.9 Å². The smallest absolute Gasteiger partial charge is 0.257 e. The van der Waals surface area contributed by atoms with Gasteiger partial charge in [0.25, 0.3) is 5.91 Å². The van der Waals surface area contributed by atoms with Crippen LogP contribution in [0.4, 0.5) is 10.2 Å². The molecule has 0 saturated heterocycles. The molecule has 0 unspecified atom stereocenters. The first-order chi connectivity index (χ1) is 8.16. The van der Waals surface area contributed by atoms with Crippen LogP contribution >= 0.6 is 0 Å². The summed E-state index contributed by atoms with van der Waals surface area (Å²) in [5, 5.41) is 9.96. The number of anilines is 1. The fourth-order valence-corrected chi connectivity index (χ4v) is 1.43. The highest BCUT2D eigenvalue weighted by atomic mass is 19.1. The van der Waals surface area contributed by atoms with Crippen molar-refractivity contribution in [3.05, 3.63) is 53.5 Å². The minimum atomic E-state index is -0.362. The van der Waals surface area contributed by atoms with Crippen molar-refractivity contribution in [2.75, 3.05) is 5.32 Å². The molecule has 0 spiro atoms. The molecule has 5 heteroatoms. The van der Waals surface area contributed by atoms with Gasteiger partial charge in [-0.25, -0.2) is 4.39 Å². The third-order valence-corrected chi connectivity index (χ3v) is 2.25. The minimum absolute atomic E-state index is 0.331. The van der Waals surface area contributed by atoms with Crippen molar-refractivity contribution in [3.63, 3.8) is 0 Å². The molecule has 2 aromatic rings. The number of nitrogens with one attached hydrogen (secondary N) is 1. The molecule has 1 heterocycles. The van der Waals surface area contributed by atoms with Crippen LogP contribution in [0.5, 0.6) is 0 Å². The number of amides is 1. The van der Waals surface area contributed by atoms with Crippen molar-refractivity contribution < 1.29 is 9.18 Å². The number of hydrogen-bond acceptors (Lipinski definition) is 3. The summed E-state index contributed by atoms with van der Waals surface area (Å²) >= 11 is 0. The highest BCUT2D eigenvalue weighted by molar-refractivity contribution is 6.04. The van der Waals surface area contributed by atoms with Crippen LogP contribution in [0.2, 0.25) is 0 Å². The highest BCUT2D eigenvalue weighted by Crippen LogP contribution is 2.12. The van der Waals surface area contributed by atoms with Crippen LogP contribution < -0.4 is 5.32 Å². The molecule has 4 nitrogen and oxygen atoms in total. The fraction of sp³-hybridized carbons (Fsp3) is 0.0833. The summed E-state index contributed by atoms with van der Waals surface area (Å²) < 4.78 is 12.9. The standard InChI is InChI=1S/C12H10FN3O/c1-8-7-9(13)4-5-10(8)12(17)15-11-3-2-6-14-16-11/h2-7H,1H3,(H,15,16,17). The Morgan fingerprint density at radius 3 is 2.82 bits per heavy atom. The second-order valence-electron chi connectivity index (χ2n) is 3.52. The Bertz CT molecular complexity index is 543. The lowest BCUT2D eigenvalue weighted by Gasteiger charge is -2.06. The maximum Gasteiger partial charge on any atom is 0.257 e. The summed E-state index contributed by atoms with van der Waals surface area (Å²) in [5.74, 6) is -0.331. The molecule has 1 aromatic heterocycles. The van der Waals surface area contributed by atoms with Gasteiger partial charge in [0, 0.05) is 11.8 Å². The van der Waals surface area contributed by atoms with E-state index in [1.165, 1.54) is 24.4 Å². The fourth-order valence-electron chi connectivity index (χ4n) is 1.43. The molecule has 0 fully saturated rings. The van der Waals surface area contributed by atoms with E-state index in [-0.39, 0.29) is 11.7 Å². The second kappa shape index (κ2) is 4.69. The molecule has 0 saturated carbocycles. The first-order valence-corrected chi connectivity index (χ1v) is 5.02. The Hall–Kier alpha value is -2.30. The normalized spacial score (nSPS) is 10.0. The summed E-state index contributed by atoms with van der Waals surface area (Å²) in [7, 11) is 0. The van der Waals surface area contributed by atoms with Crippen LogP contribution in [-0.4, -0.2) is 16.1 Å². The van der Waals surface area contributed by atoms with Gasteiger partial charge in [-0.1, -0.05) is 0 Å². The van der Waals surface area contributed by atoms with Crippen molar-refractivity contribution in [2.45, 2.75) is 6.92 Å². The number of carbonyl (C=O) groups excluding carboxylic acids is 1. The number of nitrogens with zero attached hydrogens (tertiary/aromatic N) is 2. The zero-order valence-electron chi connectivity index (χ0n) is 9.14. The van der Waals surface area contributed by atoms with Crippen LogP contribution in [0.25, 0.3) is 0 Å². The molecule has 0 bridgehead atoms. The second-order valence-corrected chi connectivity index (χ2v) is 3.52. The highest BCUT2D eigenvalue weighted by Gasteiger charge is 2.10. The lowest BCUT2D eigenvalue weighted by atomic mass is 10.1. The molecular formula is C12H10FN3O. The number of benzene rings is 1. The van der Waals surface area contributed by atoms with Crippen LogP contribution in [0, 0.1) is 12.7 Å². The molecule has 0 aliphatic carbocycles. The lowest BCUT2D eigenvalue weighted by Crippen LogP contribution is -2.14. The van der Waals surface area contributed by atoms with Gasteiger partial charge < -0.3 is 5.32 Å². The number of rotatable bonds is 2. The quantitative estimate of drug-likeness (QED) is 0.861. The van der Waals surface area contributed by atoms with Gasteiger partial charge in [0.05, 0.1) is 0 Å². The number of carbonyl (C=O) groups is 1. The third-order valence-electron chi connectivity index (χ3n) is 2.25. The average Bonchev–Trinajstić information content (AvgIpc) is 2.30. The summed E-state index contributed by atoms with van der Waals surface area (Å²) in [6.45, 7) is 1.68. The lowest BCUT2D eigenvalue weighted by molar-refractivity contribution is 0.102. The Kier molecular flexibility index (Phi) is 3.09. The van der Waals surface area contributed by atoms with Crippen LogP contribution in [0.1, 0.15) is 15.9 Å². The molecule has 2 rings (SSSR count). The van der Waals surface area contributed by atoms with Crippen molar-refractivity contribution in [1.82, 2.24) is 10.2 Å². The van der Waals surface area contributed by atoms with Crippen molar-refractivity contribution in [3.8, 4) is 0 Å². The van der Waals surface area contributed by atoms with Gasteiger partial charge in [0.1, 0.15) is 5.82 Å². The number of hydrogen-bond donors (Lipinski definition) is 1. The molecule has 86 valence electrons. The van der Waals surface area contributed by atoms with E-state index in [1.54, 1.807) is 19.1 Å². The number of aromatic nitrogens is 2. The summed E-state index contributed by atoms with van der Waals surface area (Å²) in [4.78, 5) is 11.8. The van der Waals surface area contributed by atoms with E-state index < -0.39 is 0 Å². The molecule has 0 atom stereocenters. The Labute approximate surface area is 97.5 Å². The van der Waals surface area contributed by atoms with Crippen molar-refractivity contribution >= 4 is 11.7 Å². The maximum atomic E-state index is 12.9. The van der Waals surface area contributed by atoms with Gasteiger partial charge in [-0.2, -0.15) is 5.10 Å². The monoisotopic (exact) mass is 231 g/mol. The summed E-state index contributed by atoms with van der Waals surface area (Å²) in [5.41, 5.74) is 0.989. The van der Waals surface area contributed by atoms with Crippen LogP contribution in [0.15, 0.2) is 36.5 Å². The van der Waals surface area contributed by atoms with Gasteiger partial charge in [0.15, 0.2) is 5.82 Å². The Morgan fingerprint density at radius 1 is 1.35 bits per heavy atom. The number of halogens is 1. The van der Waals surface area contributed by atoms with Crippen LogP contribution in [0.3, 0.4) is 0 Å². The maximum absolute atomic E-state index is 12.9. The topological polar surface area (TPSA) is 54.9 Å². The molecule has 1 amide bonds. The predicted octanol–water partition coefficient (Wildman–Crippen LogP) is 2.18. The van der Waals surface area contributed by atoms with E-state index in [0.717, 1.165) is 0 Å². The van der Waals surface area contributed by atoms with Gasteiger partial charge >= 0.3 is 0 Å². The first-order valence-electron chi connectivity index (χ1n) is 5.02. The molecule has 0 radical (unpaired) electrons. The largest absolute Gasteiger partial charge is 0.305 e. The first kappa shape index (κ1) is 11.2. The average molecular weight is 231 g/mol. The van der Waals surface area contributed by atoms with E-state index in [9.17, 15) is 9.18 Å². The molecule has 1 N–H and O–H groups in total. The molecule has 0 aliphatic heterocycles. The van der Waals surface area contributed by atoms with E-state index in [4.69, 9.17) is 0 Å². The van der Waals surface area contributed by atoms with Crippen LogP contribution in [-0.2, 0) is 0 Å². The summed E-state index contributed by atoms with van der Waals surface area (Å²) in [6, 6.07) is 7.30. The Morgan fingerprint density at radius 2 is 2.18 bits per heavy atom. The van der Waals surface area contributed by atoms with E-state index >= 15 is 0 Å². The molecule has 17 heavy (non-hydrogen) atoms. The Balaban J connectivity index is 2.21. The minimum Gasteiger partial charge on any atom is -0.305 e. The molecule has 1 aromatic carbocycles. The van der Waals surface area contributed by atoms with Crippen molar-refractivity contribution in [1.29, 1.82) is 0 Å².